The molecule has 0 spiro atoms. The summed E-state index contributed by atoms with van der Waals surface area (Å²) in [5.41, 5.74) is 0. The molecule has 12 N–H and O–H groups in total. The number of amides is 1. The lowest BCUT2D eigenvalue weighted by Gasteiger charge is -2.48. The van der Waals surface area contributed by atoms with Crippen molar-refractivity contribution in [2.75, 3.05) is 26.4 Å². The van der Waals surface area contributed by atoms with Gasteiger partial charge in [-0.05, 0) is 44.9 Å². The predicted octanol–water partition coefficient (Wildman–Crippen LogP) is 2.59. The largest absolute Gasteiger partial charge is 0.394 e. The van der Waals surface area contributed by atoms with Gasteiger partial charge in [0.15, 0.2) is 18.9 Å². The van der Waals surface area contributed by atoms with Crippen molar-refractivity contribution in [3.05, 3.63) is 36.5 Å². The van der Waals surface area contributed by atoms with Crippen molar-refractivity contribution < 1.29 is 89.4 Å². The Kier molecular flexibility index (Phi) is 32.9. The van der Waals surface area contributed by atoms with Crippen LogP contribution in [0.15, 0.2) is 36.5 Å². The Bertz CT molecular complexity index is 1450. The molecule has 0 saturated carbocycles. The fourth-order valence-corrected chi connectivity index (χ4v) is 8.93. The van der Waals surface area contributed by atoms with E-state index in [1.807, 2.05) is 6.08 Å². The Morgan fingerprint density at radius 2 is 0.901 bits per heavy atom. The van der Waals surface area contributed by atoms with Crippen molar-refractivity contribution in [2.45, 2.75) is 259 Å². The predicted molar refractivity (Wildman–Crippen MR) is 263 cm³/mol. The van der Waals surface area contributed by atoms with Gasteiger partial charge in [0.1, 0.15) is 73.2 Å². The van der Waals surface area contributed by atoms with Gasteiger partial charge in [0, 0.05) is 6.42 Å². The monoisotopic (exact) mass is 1020 g/mol. The molecule has 414 valence electrons. The highest BCUT2D eigenvalue weighted by atomic mass is 16.8. The van der Waals surface area contributed by atoms with Crippen molar-refractivity contribution in [1.82, 2.24) is 5.32 Å². The first-order valence-electron chi connectivity index (χ1n) is 26.7. The molecule has 19 heteroatoms. The molecule has 1 amide bonds. The smallest absolute Gasteiger partial charge is 0.220 e. The summed E-state index contributed by atoms with van der Waals surface area (Å²) in [4.78, 5) is 13.2. The number of aliphatic hydroxyl groups is 11. The van der Waals surface area contributed by atoms with Gasteiger partial charge in [-0.2, -0.15) is 0 Å². The van der Waals surface area contributed by atoms with Crippen molar-refractivity contribution in [3.63, 3.8) is 0 Å². The maximum Gasteiger partial charge on any atom is 0.220 e. The molecule has 3 saturated heterocycles. The number of hydrogen-bond donors (Lipinski definition) is 12. The number of carbonyl (C=O) groups is 1. The van der Waals surface area contributed by atoms with Crippen LogP contribution in [0.25, 0.3) is 0 Å². The molecule has 3 aliphatic rings. The van der Waals surface area contributed by atoms with Crippen LogP contribution in [0.4, 0.5) is 0 Å². The first kappa shape index (κ1) is 63.3. The van der Waals surface area contributed by atoms with Crippen molar-refractivity contribution >= 4 is 5.91 Å². The molecule has 0 aromatic carbocycles. The minimum atomic E-state index is -1.98. The normalized spacial score (nSPS) is 32.5. The van der Waals surface area contributed by atoms with Gasteiger partial charge in [0.2, 0.25) is 5.91 Å². The van der Waals surface area contributed by atoms with E-state index in [0.717, 1.165) is 44.9 Å². The van der Waals surface area contributed by atoms with E-state index in [9.17, 15) is 61.0 Å². The summed E-state index contributed by atoms with van der Waals surface area (Å²) in [5.74, 6) is -0.295. The lowest BCUT2D eigenvalue weighted by Crippen LogP contribution is -2.66. The maximum absolute atomic E-state index is 13.2. The van der Waals surface area contributed by atoms with E-state index in [2.05, 4.69) is 43.5 Å². The average molecular weight is 1020 g/mol. The number of hydrogen-bond acceptors (Lipinski definition) is 18. The third-order valence-electron chi connectivity index (χ3n) is 13.4. The highest BCUT2D eigenvalue weighted by Gasteiger charge is 2.53. The lowest BCUT2D eigenvalue weighted by molar-refractivity contribution is -0.379. The number of ether oxygens (including phenoxy) is 6. The molecule has 71 heavy (non-hydrogen) atoms. The molecule has 17 atom stereocenters. The first-order valence-corrected chi connectivity index (χ1v) is 26.7. The zero-order chi connectivity index (χ0) is 52.0. The molecule has 19 nitrogen and oxygen atoms in total. The Morgan fingerprint density at radius 3 is 1.41 bits per heavy atom. The van der Waals surface area contributed by atoms with E-state index < -0.39 is 124 Å². The molecule has 0 aromatic rings. The molecule has 3 aliphatic heterocycles. The van der Waals surface area contributed by atoms with E-state index >= 15 is 0 Å². The molecule has 0 aromatic heterocycles. The number of nitrogens with one attached hydrogen (secondary N) is 1. The standard InChI is InChI=1S/C52H93NO18/c1-3-5-7-9-11-13-15-16-17-18-19-20-21-23-25-27-29-36(57)35(53-40(58)30-28-26-24-22-14-12-10-8-6-4-2)34-66-50-46(64)43(61)48(38(32-55)68-50)71-52-47(65)44(62)49(39(33-56)69-52)70-51-45(63)42(60)41(59)37(31-54)67-51/h16-17,20-21,27,29,35-39,41-52,54-57,59-65H,3-15,18-19,22-26,28,30-34H2,1-2H3,(H,53,58)/b17-16+,21-20+,29-27+. The summed E-state index contributed by atoms with van der Waals surface area (Å²) in [6, 6.07) is -0.990. The summed E-state index contributed by atoms with van der Waals surface area (Å²) in [5, 5.41) is 120. The number of carbonyl (C=O) groups excluding carboxylic acids is 1. The molecule has 0 aliphatic carbocycles. The van der Waals surface area contributed by atoms with Crippen molar-refractivity contribution in [3.8, 4) is 0 Å². The highest BCUT2D eigenvalue weighted by Crippen LogP contribution is 2.33. The third-order valence-corrected chi connectivity index (χ3v) is 13.4. The molecule has 0 bridgehead atoms. The second-order valence-corrected chi connectivity index (χ2v) is 19.3. The fourth-order valence-electron chi connectivity index (χ4n) is 8.93. The molecule has 3 rings (SSSR count). The first-order chi connectivity index (χ1) is 34.3. The van der Waals surface area contributed by atoms with E-state index in [-0.39, 0.29) is 18.9 Å². The number of aliphatic hydroxyl groups excluding tert-OH is 11. The Labute approximate surface area is 421 Å². The summed E-state index contributed by atoms with van der Waals surface area (Å²) in [7, 11) is 0. The van der Waals surface area contributed by atoms with Gasteiger partial charge in [-0.3, -0.25) is 4.79 Å². The number of rotatable bonds is 37. The third kappa shape index (κ3) is 22.4. The van der Waals surface area contributed by atoms with Crippen LogP contribution >= 0.6 is 0 Å². The van der Waals surface area contributed by atoms with Gasteiger partial charge in [-0.15, -0.1) is 0 Å². The molecule has 3 fully saturated rings. The summed E-state index contributed by atoms with van der Waals surface area (Å²) >= 11 is 0. The minimum Gasteiger partial charge on any atom is -0.394 e. The van der Waals surface area contributed by atoms with Crippen LogP contribution in [0.1, 0.15) is 155 Å². The second kappa shape index (κ2) is 36.9. The van der Waals surface area contributed by atoms with Gasteiger partial charge in [0.05, 0.1) is 38.6 Å². The van der Waals surface area contributed by atoms with Crippen molar-refractivity contribution in [2.24, 2.45) is 0 Å². The molecule has 0 radical (unpaired) electrons. The van der Waals surface area contributed by atoms with Crippen LogP contribution in [-0.2, 0) is 33.2 Å². The van der Waals surface area contributed by atoms with Crippen molar-refractivity contribution in [1.29, 1.82) is 0 Å². The number of unbranched alkanes of at least 4 members (excludes halogenated alkanes) is 17. The van der Waals surface area contributed by atoms with Crippen LogP contribution in [-0.4, -0.2) is 193 Å². The van der Waals surface area contributed by atoms with Gasteiger partial charge in [-0.25, -0.2) is 0 Å². The summed E-state index contributed by atoms with van der Waals surface area (Å²) in [6.07, 6.45) is 8.67. The van der Waals surface area contributed by atoms with Crippen LogP contribution in [0.2, 0.25) is 0 Å². The maximum atomic E-state index is 13.2. The Balaban J connectivity index is 1.57. The zero-order valence-electron chi connectivity index (χ0n) is 42.4. The Hall–Kier alpha value is -1.99. The van der Waals surface area contributed by atoms with Crippen LogP contribution in [0.3, 0.4) is 0 Å². The number of allylic oxidation sites excluding steroid dienone is 5. The molecular formula is C52H93NO18. The SMILES string of the molecule is CCCCCCCC/C=C/CC/C=C/CC/C=C/C(O)C(COC1OC(CO)C(OC2OC(CO)C(OC3OC(CO)C(O)C(O)C3O)C(O)C2O)C(O)C1O)NC(=O)CCCCCCCCCCCC. The molecule has 3 heterocycles. The molecular weight excluding hydrogens is 927 g/mol. The Morgan fingerprint density at radius 1 is 0.493 bits per heavy atom. The van der Waals surface area contributed by atoms with Crippen LogP contribution in [0, 0.1) is 0 Å². The molecule has 17 unspecified atom stereocenters. The van der Waals surface area contributed by atoms with Gasteiger partial charge in [-0.1, -0.05) is 140 Å². The van der Waals surface area contributed by atoms with E-state index in [1.54, 1.807) is 6.08 Å². The zero-order valence-corrected chi connectivity index (χ0v) is 42.4. The fraction of sp³-hybridized carbons (Fsp3) is 0.865. The van der Waals surface area contributed by atoms with Crippen LogP contribution < -0.4 is 5.32 Å². The summed E-state index contributed by atoms with van der Waals surface area (Å²) < 4.78 is 34.1. The average Bonchev–Trinajstić information content (AvgIpc) is 3.36. The second-order valence-electron chi connectivity index (χ2n) is 19.3. The van der Waals surface area contributed by atoms with Gasteiger partial charge >= 0.3 is 0 Å². The van der Waals surface area contributed by atoms with Gasteiger partial charge < -0.3 is 89.9 Å². The van der Waals surface area contributed by atoms with E-state index in [0.29, 0.717) is 12.8 Å². The van der Waals surface area contributed by atoms with Gasteiger partial charge in [0.25, 0.3) is 0 Å². The highest BCUT2D eigenvalue weighted by molar-refractivity contribution is 5.76. The van der Waals surface area contributed by atoms with E-state index in [4.69, 9.17) is 28.4 Å². The topological polar surface area (TPSA) is 307 Å². The lowest BCUT2D eigenvalue weighted by atomic mass is 9.96. The van der Waals surface area contributed by atoms with Crippen LogP contribution in [0.5, 0.6) is 0 Å². The quantitative estimate of drug-likeness (QED) is 0.0314. The van der Waals surface area contributed by atoms with E-state index in [1.165, 1.54) is 77.0 Å². The minimum absolute atomic E-state index is 0.233. The summed E-state index contributed by atoms with van der Waals surface area (Å²) in [6.45, 7) is 1.63.